The number of hydrogen-bond donors (Lipinski definition) is 2. The molecule has 3 aromatic rings. The van der Waals surface area contributed by atoms with Gasteiger partial charge in [-0.25, -0.2) is 4.39 Å². The van der Waals surface area contributed by atoms with E-state index in [0.717, 1.165) is 28.1 Å². The van der Waals surface area contributed by atoms with Gasteiger partial charge in [-0.3, -0.25) is 9.89 Å². The minimum absolute atomic E-state index is 0.260. The van der Waals surface area contributed by atoms with Crippen LogP contribution in [0.5, 0.6) is 5.75 Å². The van der Waals surface area contributed by atoms with Crippen LogP contribution in [0, 0.1) is 5.82 Å². The first-order valence-electron chi connectivity index (χ1n) is 7.99. The molecule has 6 heteroatoms. The van der Waals surface area contributed by atoms with Crippen LogP contribution in [0.1, 0.15) is 34.6 Å². The fraction of sp³-hybridized carbons (Fsp3) is 0.158. The van der Waals surface area contributed by atoms with Crippen LogP contribution in [0.3, 0.4) is 0 Å². The van der Waals surface area contributed by atoms with Crippen LogP contribution in [0.25, 0.3) is 11.3 Å². The number of hydrogen-bond acceptors (Lipinski definition) is 3. The van der Waals surface area contributed by atoms with E-state index in [1.807, 2.05) is 31.2 Å². The van der Waals surface area contributed by atoms with Gasteiger partial charge in [0, 0.05) is 11.1 Å². The molecule has 1 amide bonds. The average molecular weight is 337 g/mol. The van der Waals surface area contributed by atoms with E-state index in [4.69, 9.17) is 4.74 Å². The Balaban J connectivity index is 1.58. The maximum atomic E-state index is 13.0. The molecule has 0 fully saturated rings. The number of H-pyrrole nitrogens is 1. The molecule has 25 heavy (non-hydrogen) atoms. The molecule has 0 saturated carbocycles. The van der Waals surface area contributed by atoms with Crippen molar-refractivity contribution in [2.24, 2.45) is 0 Å². The smallest absolute Gasteiger partial charge is 0.270 e. The molecule has 126 valence electrons. The lowest BCUT2D eigenvalue weighted by molar-refractivity contribution is 0.0932. The van der Waals surface area contributed by atoms with Gasteiger partial charge in [-0.15, -0.1) is 0 Å². The molecule has 0 spiro atoms. The predicted octanol–water partition coefficient (Wildman–Crippen LogP) is 3.60. The average Bonchev–Trinajstić information content (AvgIpc) is 3.07. The third-order valence-corrected chi connectivity index (χ3v) is 4.33. The molecule has 2 aromatic carbocycles. The summed E-state index contributed by atoms with van der Waals surface area (Å²) >= 11 is 0. The maximum Gasteiger partial charge on any atom is 0.270 e. The van der Waals surface area contributed by atoms with E-state index >= 15 is 0 Å². The van der Waals surface area contributed by atoms with Gasteiger partial charge in [-0.1, -0.05) is 24.3 Å². The molecule has 0 aliphatic carbocycles. The summed E-state index contributed by atoms with van der Waals surface area (Å²) in [5.74, 6) is 0.183. The van der Waals surface area contributed by atoms with Crippen LogP contribution in [-0.2, 0) is 6.61 Å². The lowest BCUT2D eigenvalue weighted by atomic mass is 10.0. The highest BCUT2D eigenvalue weighted by Gasteiger charge is 2.26. The monoisotopic (exact) mass is 337 g/mol. The summed E-state index contributed by atoms with van der Waals surface area (Å²) in [5, 5.41) is 10.0. The molecule has 2 N–H and O–H groups in total. The number of nitrogens with one attached hydrogen (secondary N) is 2. The van der Waals surface area contributed by atoms with Gasteiger partial charge in [0.1, 0.15) is 29.6 Å². The highest BCUT2D eigenvalue weighted by atomic mass is 19.1. The van der Waals surface area contributed by atoms with E-state index in [0.29, 0.717) is 5.69 Å². The Hall–Kier alpha value is -3.15. The first-order valence-corrected chi connectivity index (χ1v) is 7.99. The molecule has 2 heterocycles. The largest absolute Gasteiger partial charge is 0.488 e. The van der Waals surface area contributed by atoms with Crippen molar-refractivity contribution in [3.63, 3.8) is 0 Å². The van der Waals surface area contributed by atoms with Crippen LogP contribution in [-0.4, -0.2) is 16.1 Å². The summed E-state index contributed by atoms with van der Waals surface area (Å²) in [6.45, 7) is 2.14. The number of carbonyl (C=O) groups is 1. The predicted molar refractivity (Wildman–Crippen MR) is 90.6 cm³/mol. The number of carbonyl (C=O) groups excluding carboxylic acids is 1. The first kappa shape index (κ1) is 15.4. The Morgan fingerprint density at radius 3 is 2.80 bits per heavy atom. The van der Waals surface area contributed by atoms with Gasteiger partial charge in [-0.05, 0) is 36.8 Å². The van der Waals surface area contributed by atoms with Crippen molar-refractivity contribution in [1.82, 2.24) is 15.5 Å². The number of nitrogens with zero attached hydrogens (tertiary/aromatic N) is 1. The Labute approximate surface area is 143 Å². The summed E-state index contributed by atoms with van der Waals surface area (Å²) < 4.78 is 18.8. The summed E-state index contributed by atoms with van der Waals surface area (Å²) in [5.41, 5.74) is 3.55. The Morgan fingerprint density at radius 2 is 2.00 bits per heavy atom. The number of ether oxygens (including phenoxy) is 1. The van der Waals surface area contributed by atoms with Gasteiger partial charge >= 0.3 is 0 Å². The fourth-order valence-corrected chi connectivity index (χ4v) is 2.96. The third kappa shape index (κ3) is 2.76. The minimum atomic E-state index is -0.305. The number of halogens is 1. The van der Waals surface area contributed by atoms with Crippen molar-refractivity contribution in [2.45, 2.75) is 19.6 Å². The van der Waals surface area contributed by atoms with E-state index in [1.54, 1.807) is 12.1 Å². The number of aromatic amines is 1. The molecule has 1 atom stereocenters. The van der Waals surface area contributed by atoms with Gasteiger partial charge in [0.25, 0.3) is 5.91 Å². The number of aromatic nitrogens is 2. The molecule has 0 unspecified atom stereocenters. The van der Waals surface area contributed by atoms with Crippen LogP contribution < -0.4 is 10.1 Å². The molecule has 1 aromatic heterocycles. The van der Waals surface area contributed by atoms with Gasteiger partial charge < -0.3 is 10.1 Å². The van der Waals surface area contributed by atoms with Crippen LogP contribution in [0.15, 0.2) is 48.5 Å². The van der Waals surface area contributed by atoms with Crippen molar-refractivity contribution in [3.8, 4) is 17.0 Å². The van der Waals surface area contributed by atoms with Crippen LogP contribution in [0.4, 0.5) is 4.39 Å². The molecule has 1 aliphatic rings. The zero-order valence-electron chi connectivity index (χ0n) is 13.5. The Kier molecular flexibility index (Phi) is 3.72. The molecule has 0 radical (unpaired) electrons. The van der Waals surface area contributed by atoms with Gasteiger partial charge in [-0.2, -0.15) is 5.10 Å². The number of rotatable bonds is 3. The lowest BCUT2D eigenvalue weighted by Gasteiger charge is -2.18. The summed E-state index contributed by atoms with van der Waals surface area (Å²) in [4.78, 5) is 12.6. The van der Waals surface area contributed by atoms with E-state index < -0.39 is 0 Å². The SMILES string of the molecule is C[C@H](NC(=O)c1[nH]nc2c1COc1ccccc1-2)c1ccc(F)cc1. The maximum absolute atomic E-state index is 13.0. The lowest BCUT2D eigenvalue weighted by Crippen LogP contribution is -2.28. The van der Waals surface area contributed by atoms with Crippen molar-refractivity contribution in [1.29, 1.82) is 0 Å². The van der Waals surface area contributed by atoms with Gasteiger partial charge in [0.2, 0.25) is 0 Å². The zero-order valence-corrected chi connectivity index (χ0v) is 13.5. The van der Waals surface area contributed by atoms with Crippen molar-refractivity contribution >= 4 is 5.91 Å². The highest BCUT2D eigenvalue weighted by Crippen LogP contribution is 2.37. The Bertz CT molecular complexity index is 934. The van der Waals surface area contributed by atoms with Crippen molar-refractivity contribution < 1.29 is 13.9 Å². The summed E-state index contributed by atoms with van der Waals surface area (Å²) in [7, 11) is 0. The van der Waals surface area contributed by atoms with E-state index in [-0.39, 0.29) is 24.4 Å². The van der Waals surface area contributed by atoms with Gasteiger partial charge in [0.05, 0.1) is 6.04 Å². The molecule has 5 nitrogen and oxygen atoms in total. The zero-order chi connectivity index (χ0) is 17.4. The summed E-state index contributed by atoms with van der Waals surface area (Å²) in [6, 6.07) is 13.4. The highest BCUT2D eigenvalue weighted by molar-refractivity contribution is 5.96. The normalized spacial score (nSPS) is 13.4. The second kappa shape index (κ2) is 6.05. The fourth-order valence-electron chi connectivity index (χ4n) is 2.96. The number of para-hydroxylation sites is 1. The Morgan fingerprint density at radius 1 is 1.24 bits per heavy atom. The number of amides is 1. The molecule has 0 bridgehead atoms. The topological polar surface area (TPSA) is 67.0 Å². The van der Waals surface area contributed by atoms with Crippen LogP contribution >= 0.6 is 0 Å². The van der Waals surface area contributed by atoms with Crippen molar-refractivity contribution in [2.75, 3.05) is 0 Å². The summed E-state index contributed by atoms with van der Waals surface area (Å²) in [6.07, 6.45) is 0. The van der Waals surface area contributed by atoms with Crippen molar-refractivity contribution in [3.05, 3.63) is 71.2 Å². The van der Waals surface area contributed by atoms with Gasteiger partial charge in [0.15, 0.2) is 0 Å². The molecular formula is C19H16FN3O2. The van der Waals surface area contributed by atoms with E-state index in [1.165, 1.54) is 12.1 Å². The third-order valence-electron chi connectivity index (χ3n) is 4.33. The minimum Gasteiger partial charge on any atom is -0.488 e. The second-order valence-corrected chi connectivity index (χ2v) is 5.96. The number of fused-ring (bicyclic) bond motifs is 3. The standard InChI is InChI=1S/C19H16FN3O2/c1-11(12-6-8-13(20)9-7-12)21-19(24)18-15-10-25-16-5-3-2-4-14(16)17(15)22-23-18/h2-9,11H,10H2,1H3,(H,21,24)(H,22,23)/t11-/m0/s1. The molecule has 1 aliphatic heterocycles. The van der Waals surface area contributed by atoms with E-state index in [9.17, 15) is 9.18 Å². The molecule has 4 rings (SSSR count). The first-order chi connectivity index (χ1) is 12.1. The second-order valence-electron chi connectivity index (χ2n) is 5.96. The molecular weight excluding hydrogens is 321 g/mol. The number of benzene rings is 2. The van der Waals surface area contributed by atoms with Crippen LogP contribution in [0.2, 0.25) is 0 Å². The molecule has 0 saturated heterocycles. The quantitative estimate of drug-likeness (QED) is 0.767. The van der Waals surface area contributed by atoms with E-state index in [2.05, 4.69) is 15.5 Å².